The highest BCUT2D eigenvalue weighted by Crippen LogP contribution is 2.32. The van der Waals surface area contributed by atoms with E-state index in [1.165, 1.54) is 29.0 Å². The third-order valence-corrected chi connectivity index (χ3v) is 7.10. The predicted molar refractivity (Wildman–Crippen MR) is 105 cm³/mol. The second-order valence-electron chi connectivity index (χ2n) is 7.21. The lowest BCUT2D eigenvalue weighted by Gasteiger charge is -2.31. The summed E-state index contributed by atoms with van der Waals surface area (Å²) in [7, 11) is -2.05. The van der Waals surface area contributed by atoms with E-state index in [1.807, 2.05) is 0 Å². The Bertz CT molecular complexity index is 980. The van der Waals surface area contributed by atoms with Gasteiger partial charge < -0.3 is 19.4 Å². The number of rotatable bonds is 5. The molecule has 1 N–H and O–H groups in total. The molecular weight excluding hydrogens is 423 g/mol. The van der Waals surface area contributed by atoms with E-state index in [2.05, 4.69) is 10.3 Å². The van der Waals surface area contributed by atoms with Crippen LogP contribution in [0.25, 0.3) is 0 Å². The molecule has 1 aromatic carbocycles. The van der Waals surface area contributed by atoms with Crippen LogP contribution >= 0.6 is 11.6 Å². The Balaban J connectivity index is 1.59. The quantitative estimate of drug-likeness (QED) is 0.760. The van der Waals surface area contributed by atoms with E-state index in [4.69, 9.17) is 21.1 Å². The average Bonchev–Trinajstić information content (AvgIpc) is 3.33. The molecule has 2 saturated heterocycles. The number of ether oxygens (including phenoxy) is 2. The molecule has 0 bridgehead atoms. The first-order valence-corrected chi connectivity index (χ1v) is 11.1. The molecule has 11 heteroatoms. The molecule has 1 aromatic heterocycles. The first kappa shape index (κ1) is 20.5. The highest BCUT2D eigenvalue weighted by atomic mass is 35.5. The van der Waals surface area contributed by atoms with Crippen molar-refractivity contribution in [3.05, 3.63) is 41.6 Å². The van der Waals surface area contributed by atoms with Gasteiger partial charge in [0, 0.05) is 44.0 Å². The summed E-state index contributed by atoms with van der Waals surface area (Å²) in [4.78, 5) is 3.99. The van der Waals surface area contributed by atoms with Gasteiger partial charge in [-0.1, -0.05) is 11.6 Å². The van der Waals surface area contributed by atoms with Crippen LogP contribution in [0.3, 0.4) is 0 Å². The van der Waals surface area contributed by atoms with E-state index in [1.54, 1.807) is 17.7 Å². The molecule has 0 amide bonds. The van der Waals surface area contributed by atoms with Gasteiger partial charge in [-0.3, -0.25) is 0 Å². The van der Waals surface area contributed by atoms with Crippen molar-refractivity contribution in [2.75, 3.05) is 31.6 Å². The highest BCUT2D eigenvalue weighted by Gasteiger charge is 2.45. The van der Waals surface area contributed by atoms with Gasteiger partial charge in [0.15, 0.2) is 11.3 Å². The molecule has 2 aliphatic rings. The van der Waals surface area contributed by atoms with Crippen molar-refractivity contribution >= 4 is 27.3 Å². The van der Waals surface area contributed by atoms with Crippen LogP contribution in [0.2, 0.25) is 5.02 Å². The molecule has 2 fully saturated rings. The minimum Gasteiger partial charge on any atom is -0.380 e. The fourth-order valence-corrected chi connectivity index (χ4v) is 5.27. The van der Waals surface area contributed by atoms with Crippen LogP contribution in [-0.2, 0) is 26.5 Å². The van der Waals surface area contributed by atoms with Crippen molar-refractivity contribution in [3.8, 4) is 0 Å². The average molecular weight is 445 g/mol. The second kappa shape index (κ2) is 8.19. The lowest BCUT2D eigenvalue weighted by Crippen LogP contribution is -2.41. The Hall–Kier alpha value is -1.72. The molecule has 2 aliphatic heterocycles. The van der Waals surface area contributed by atoms with Gasteiger partial charge in [-0.25, -0.2) is 17.8 Å². The Morgan fingerprint density at radius 3 is 2.69 bits per heavy atom. The summed E-state index contributed by atoms with van der Waals surface area (Å²) in [5.41, 5.74) is 0.597. The Labute approximate surface area is 173 Å². The number of aryl methyl sites for hydroxylation is 1. The molecule has 4 rings (SSSR count). The van der Waals surface area contributed by atoms with Gasteiger partial charge in [0.2, 0.25) is 0 Å². The van der Waals surface area contributed by atoms with Crippen molar-refractivity contribution in [2.45, 2.75) is 23.8 Å². The molecule has 0 radical (unpaired) electrons. The minimum atomic E-state index is -3.77. The maximum Gasteiger partial charge on any atom is 0.262 e. The van der Waals surface area contributed by atoms with E-state index in [-0.39, 0.29) is 35.1 Å². The molecule has 158 valence electrons. The monoisotopic (exact) mass is 444 g/mol. The highest BCUT2D eigenvalue weighted by molar-refractivity contribution is 7.89. The van der Waals surface area contributed by atoms with Crippen LogP contribution in [0.1, 0.15) is 6.42 Å². The topological polar surface area (TPSA) is 85.7 Å². The molecule has 0 spiro atoms. The number of nitrogens with one attached hydrogen (secondary N) is 1. The van der Waals surface area contributed by atoms with Gasteiger partial charge in [0.25, 0.3) is 10.0 Å². The molecule has 0 saturated carbocycles. The van der Waals surface area contributed by atoms with Gasteiger partial charge >= 0.3 is 0 Å². The summed E-state index contributed by atoms with van der Waals surface area (Å²) in [6.07, 6.45) is 3.19. The number of hydrogen-bond acceptors (Lipinski definition) is 6. The first-order chi connectivity index (χ1) is 13.8. The van der Waals surface area contributed by atoms with Gasteiger partial charge in [0.1, 0.15) is 5.82 Å². The summed E-state index contributed by atoms with van der Waals surface area (Å²) in [6.45, 7) is 1.53. The van der Waals surface area contributed by atoms with Gasteiger partial charge in [0.05, 0.1) is 24.6 Å². The zero-order valence-electron chi connectivity index (χ0n) is 15.8. The molecule has 2 atom stereocenters. The minimum absolute atomic E-state index is 0.00490. The Morgan fingerprint density at radius 1 is 1.28 bits per heavy atom. The van der Waals surface area contributed by atoms with E-state index >= 15 is 0 Å². The SMILES string of the molecule is Cn1cnc(S(=O)(=O)N2C[C@H](Nc3ccc(F)c(Cl)c3)[C@@H](C3OCCCO3)C2)c1. The Kier molecular flexibility index (Phi) is 5.80. The summed E-state index contributed by atoms with van der Waals surface area (Å²) in [5, 5.41) is 3.26. The third kappa shape index (κ3) is 4.26. The molecule has 2 aromatic rings. The fraction of sp³-hybridized carbons (Fsp3) is 0.500. The molecule has 0 aliphatic carbocycles. The van der Waals surface area contributed by atoms with Crippen molar-refractivity contribution < 1.29 is 22.3 Å². The summed E-state index contributed by atoms with van der Waals surface area (Å²) in [5.74, 6) is -0.767. The van der Waals surface area contributed by atoms with Crippen LogP contribution in [0, 0.1) is 11.7 Å². The van der Waals surface area contributed by atoms with Gasteiger partial charge in [-0.05, 0) is 24.6 Å². The molecule has 0 unspecified atom stereocenters. The van der Waals surface area contributed by atoms with E-state index in [0.717, 1.165) is 6.42 Å². The fourth-order valence-electron chi connectivity index (χ4n) is 3.62. The predicted octanol–water partition coefficient (Wildman–Crippen LogP) is 2.08. The molecular formula is C18H22ClFN4O4S. The van der Waals surface area contributed by atoms with Crippen molar-refractivity contribution in [1.82, 2.24) is 13.9 Å². The zero-order valence-corrected chi connectivity index (χ0v) is 17.4. The molecule has 3 heterocycles. The van der Waals surface area contributed by atoms with Crippen molar-refractivity contribution in [3.63, 3.8) is 0 Å². The van der Waals surface area contributed by atoms with Crippen molar-refractivity contribution in [1.29, 1.82) is 0 Å². The van der Waals surface area contributed by atoms with Crippen LogP contribution < -0.4 is 5.32 Å². The number of imidazole rings is 1. The molecule has 8 nitrogen and oxygen atoms in total. The van der Waals surface area contributed by atoms with Crippen LogP contribution in [0.5, 0.6) is 0 Å². The normalized spacial score (nSPS) is 24.1. The zero-order chi connectivity index (χ0) is 20.6. The van der Waals surface area contributed by atoms with Gasteiger partial charge in [-0.15, -0.1) is 0 Å². The lowest BCUT2D eigenvalue weighted by molar-refractivity contribution is -0.203. The number of aromatic nitrogens is 2. The van der Waals surface area contributed by atoms with E-state index < -0.39 is 22.1 Å². The van der Waals surface area contributed by atoms with Crippen LogP contribution in [0.4, 0.5) is 10.1 Å². The Morgan fingerprint density at radius 2 is 2.03 bits per heavy atom. The second-order valence-corrected chi connectivity index (χ2v) is 9.50. The number of sulfonamides is 1. The van der Waals surface area contributed by atoms with Crippen LogP contribution in [-0.4, -0.2) is 60.9 Å². The first-order valence-electron chi connectivity index (χ1n) is 9.27. The summed E-state index contributed by atoms with van der Waals surface area (Å²) < 4.78 is 54.1. The maximum absolute atomic E-state index is 13.5. The summed E-state index contributed by atoms with van der Waals surface area (Å²) >= 11 is 5.89. The molecule has 29 heavy (non-hydrogen) atoms. The maximum atomic E-state index is 13.5. The smallest absolute Gasteiger partial charge is 0.262 e. The van der Waals surface area contributed by atoms with Gasteiger partial charge in [-0.2, -0.15) is 4.31 Å². The lowest BCUT2D eigenvalue weighted by atomic mass is 10.0. The van der Waals surface area contributed by atoms with E-state index in [9.17, 15) is 12.8 Å². The number of benzene rings is 1. The third-order valence-electron chi connectivity index (χ3n) is 5.09. The largest absolute Gasteiger partial charge is 0.380 e. The standard InChI is InChI=1S/C18H22ClFN4O4S/c1-23-10-17(21-11-23)29(25,26)24-8-13(18-27-5-2-6-28-18)16(9-24)22-12-3-4-15(20)14(19)7-12/h3-4,7,10-11,13,16,18,22H,2,5-6,8-9H2,1H3/t13-,16-/m0/s1. The van der Waals surface area contributed by atoms with Crippen molar-refractivity contribution in [2.24, 2.45) is 13.0 Å². The van der Waals surface area contributed by atoms with Crippen LogP contribution in [0.15, 0.2) is 35.7 Å². The number of halogens is 2. The number of hydrogen-bond donors (Lipinski definition) is 1. The summed E-state index contributed by atoms with van der Waals surface area (Å²) in [6, 6.07) is 4.01. The number of anilines is 1. The number of nitrogens with zero attached hydrogens (tertiary/aromatic N) is 3. The van der Waals surface area contributed by atoms with E-state index in [0.29, 0.717) is 18.9 Å².